The lowest BCUT2D eigenvalue weighted by atomic mass is 10.1. The number of carbonyl (C=O) groups excluding carboxylic acids is 1. The molecule has 1 aromatic rings. The highest BCUT2D eigenvalue weighted by Crippen LogP contribution is 2.16. The summed E-state index contributed by atoms with van der Waals surface area (Å²) in [5.41, 5.74) is 5.93. The number of nitrogen functional groups attached to an aromatic ring is 1. The molecule has 0 saturated heterocycles. The fourth-order valence-electron chi connectivity index (χ4n) is 1.57. The minimum absolute atomic E-state index is 0.153. The van der Waals surface area contributed by atoms with E-state index in [1.165, 1.54) is 12.3 Å². The fraction of sp³-hybridized carbons (Fsp3) is 0.500. The van der Waals surface area contributed by atoms with Gasteiger partial charge in [-0.1, -0.05) is 31.9 Å². The van der Waals surface area contributed by atoms with Crippen molar-refractivity contribution < 1.29 is 4.79 Å². The Morgan fingerprint density at radius 3 is 2.82 bits per heavy atom. The van der Waals surface area contributed by atoms with Crippen molar-refractivity contribution in [1.29, 1.82) is 0 Å². The third kappa shape index (κ3) is 3.89. The van der Waals surface area contributed by atoms with Crippen molar-refractivity contribution in [3.63, 3.8) is 0 Å². The summed E-state index contributed by atoms with van der Waals surface area (Å²) in [7, 11) is 0. The third-order valence-electron chi connectivity index (χ3n) is 2.60. The third-order valence-corrected chi connectivity index (χ3v) is 2.90. The molecule has 1 rings (SSSR count). The first-order valence-corrected chi connectivity index (χ1v) is 6.18. The van der Waals surface area contributed by atoms with E-state index in [0.717, 1.165) is 19.3 Å². The van der Waals surface area contributed by atoms with E-state index in [-0.39, 0.29) is 17.8 Å². The first-order valence-electron chi connectivity index (χ1n) is 5.80. The molecule has 0 bridgehead atoms. The largest absolute Gasteiger partial charge is 0.382 e. The topological polar surface area (TPSA) is 68.0 Å². The molecule has 1 unspecified atom stereocenters. The summed E-state index contributed by atoms with van der Waals surface area (Å²) in [5, 5.41) is 3.26. The Morgan fingerprint density at radius 2 is 2.29 bits per heavy atom. The second-order valence-corrected chi connectivity index (χ2v) is 4.37. The van der Waals surface area contributed by atoms with Crippen molar-refractivity contribution >= 4 is 23.3 Å². The van der Waals surface area contributed by atoms with Gasteiger partial charge in [0.2, 0.25) is 0 Å². The summed E-state index contributed by atoms with van der Waals surface area (Å²) in [6.45, 7) is 4.14. The molecule has 0 aliphatic rings. The standard InChI is InChI=1S/C12H18ClN3O/c1-3-5-9(4-2)16-12(17)8-6-10(13)11(14)15-7-8/h6-7,9H,3-5H2,1-2H3,(H2,14,15)(H,16,17). The zero-order valence-corrected chi connectivity index (χ0v) is 10.9. The summed E-state index contributed by atoms with van der Waals surface area (Å²) >= 11 is 5.82. The first kappa shape index (κ1) is 13.8. The van der Waals surface area contributed by atoms with Gasteiger partial charge in [-0.3, -0.25) is 4.79 Å². The van der Waals surface area contributed by atoms with Gasteiger partial charge in [0, 0.05) is 12.2 Å². The number of nitrogens with one attached hydrogen (secondary N) is 1. The van der Waals surface area contributed by atoms with Gasteiger partial charge in [0.05, 0.1) is 10.6 Å². The average Bonchev–Trinajstić information content (AvgIpc) is 2.31. The highest BCUT2D eigenvalue weighted by Gasteiger charge is 2.12. The SMILES string of the molecule is CCCC(CC)NC(=O)c1cnc(N)c(Cl)c1. The van der Waals surface area contributed by atoms with Gasteiger partial charge >= 0.3 is 0 Å². The van der Waals surface area contributed by atoms with Gasteiger partial charge in [-0.25, -0.2) is 4.98 Å². The minimum Gasteiger partial charge on any atom is -0.382 e. The van der Waals surface area contributed by atoms with Crippen LogP contribution in [0.4, 0.5) is 5.82 Å². The Balaban J connectivity index is 2.72. The van der Waals surface area contributed by atoms with Crippen molar-refractivity contribution in [2.24, 2.45) is 0 Å². The number of carbonyl (C=O) groups is 1. The molecule has 1 heterocycles. The van der Waals surface area contributed by atoms with E-state index >= 15 is 0 Å². The van der Waals surface area contributed by atoms with Gasteiger partial charge in [0.1, 0.15) is 5.82 Å². The molecular weight excluding hydrogens is 238 g/mol. The van der Waals surface area contributed by atoms with E-state index < -0.39 is 0 Å². The molecule has 94 valence electrons. The molecule has 0 saturated carbocycles. The maximum Gasteiger partial charge on any atom is 0.253 e. The van der Waals surface area contributed by atoms with E-state index in [1.807, 2.05) is 0 Å². The molecule has 0 fully saturated rings. The molecule has 0 aromatic carbocycles. The zero-order valence-electron chi connectivity index (χ0n) is 10.2. The number of aromatic nitrogens is 1. The summed E-state index contributed by atoms with van der Waals surface area (Å²) in [5.74, 6) is 0.0866. The maximum atomic E-state index is 11.9. The number of nitrogens with zero attached hydrogens (tertiary/aromatic N) is 1. The average molecular weight is 256 g/mol. The number of halogens is 1. The number of nitrogens with two attached hydrogens (primary N) is 1. The second kappa shape index (κ2) is 6.45. The molecular formula is C12H18ClN3O. The number of anilines is 1. The van der Waals surface area contributed by atoms with Gasteiger partial charge in [-0.2, -0.15) is 0 Å². The van der Waals surface area contributed by atoms with Crippen molar-refractivity contribution in [3.8, 4) is 0 Å². The second-order valence-electron chi connectivity index (χ2n) is 3.96. The summed E-state index contributed by atoms with van der Waals surface area (Å²) < 4.78 is 0. The predicted molar refractivity (Wildman–Crippen MR) is 70.1 cm³/mol. The van der Waals surface area contributed by atoms with E-state index in [2.05, 4.69) is 24.1 Å². The lowest BCUT2D eigenvalue weighted by Gasteiger charge is -2.16. The number of amides is 1. The van der Waals surface area contributed by atoms with Gasteiger partial charge in [-0.05, 0) is 18.9 Å². The molecule has 5 heteroatoms. The van der Waals surface area contributed by atoms with Crippen molar-refractivity contribution in [3.05, 3.63) is 22.8 Å². The van der Waals surface area contributed by atoms with Crippen LogP contribution < -0.4 is 11.1 Å². The zero-order chi connectivity index (χ0) is 12.8. The smallest absolute Gasteiger partial charge is 0.253 e. The molecule has 4 nitrogen and oxygen atoms in total. The van der Waals surface area contributed by atoms with Crippen LogP contribution >= 0.6 is 11.6 Å². The van der Waals surface area contributed by atoms with Crippen LogP contribution in [0.3, 0.4) is 0 Å². The summed E-state index contributed by atoms with van der Waals surface area (Å²) in [4.78, 5) is 15.8. The molecule has 1 atom stereocenters. The maximum absolute atomic E-state index is 11.9. The quantitative estimate of drug-likeness (QED) is 0.850. The van der Waals surface area contributed by atoms with Gasteiger partial charge < -0.3 is 11.1 Å². The lowest BCUT2D eigenvalue weighted by molar-refractivity contribution is 0.0933. The van der Waals surface area contributed by atoms with Crippen molar-refractivity contribution in [2.45, 2.75) is 39.2 Å². The minimum atomic E-state index is -0.153. The Kier molecular flexibility index (Phi) is 5.22. The molecule has 1 aromatic heterocycles. The van der Waals surface area contributed by atoms with Crippen LogP contribution in [0.1, 0.15) is 43.5 Å². The number of rotatable bonds is 5. The van der Waals surface area contributed by atoms with Gasteiger partial charge in [0.15, 0.2) is 0 Å². The van der Waals surface area contributed by atoms with Crippen molar-refractivity contribution in [1.82, 2.24) is 10.3 Å². The van der Waals surface area contributed by atoms with E-state index in [4.69, 9.17) is 17.3 Å². The number of pyridine rings is 1. The summed E-state index contributed by atoms with van der Waals surface area (Å²) in [6.07, 6.45) is 4.36. The van der Waals surface area contributed by atoms with Gasteiger partial charge in [-0.15, -0.1) is 0 Å². The molecule has 3 N–H and O–H groups in total. The molecule has 17 heavy (non-hydrogen) atoms. The Morgan fingerprint density at radius 1 is 1.59 bits per heavy atom. The van der Waals surface area contributed by atoms with Crippen LogP contribution in [0.5, 0.6) is 0 Å². The van der Waals surface area contributed by atoms with E-state index in [9.17, 15) is 4.79 Å². The van der Waals surface area contributed by atoms with Crippen LogP contribution in [-0.2, 0) is 0 Å². The monoisotopic (exact) mass is 255 g/mol. The number of hydrogen-bond donors (Lipinski definition) is 2. The number of hydrogen-bond acceptors (Lipinski definition) is 3. The van der Waals surface area contributed by atoms with Crippen LogP contribution in [0.2, 0.25) is 5.02 Å². The Labute approximate surface area is 107 Å². The summed E-state index contributed by atoms with van der Waals surface area (Å²) in [6, 6.07) is 1.74. The highest BCUT2D eigenvalue weighted by atomic mass is 35.5. The highest BCUT2D eigenvalue weighted by molar-refractivity contribution is 6.33. The molecule has 0 aliphatic carbocycles. The van der Waals surface area contributed by atoms with Crippen LogP contribution in [0.25, 0.3) is 0 Å². The first-order chi connectivity index (χ1) is 8.08. The fourth-order valence-corrected chi connectivity index (χ4v) is 1.73. The van der Waals surface area contributed by atoms with Gasteiger partial charge in [0.25, 0.3) is 5.91 Å². The van der Waals surface area contributed by atoms with Crippen molar-refractivity contribution in [2.75, 3.05) is 5.73 Å². The Hall–Kier alpha value is -1.29. The lowest BCUT2D eigenvalue weighted by Crippen LogP contribution is -2.34. The molecule has 0 spiro atoms. The van der Waals surface area contributed by atoms with Crippen LogP contribution in [0.15, 0.2) is 12.3 Å². The molecule has 1 amide bonds. The van der Waals surface area contributed by atoms with E-state index in [0.29, 0.717) is 10.6 Å². The van der Waals surface area contributed by atoms with Crippen LogP contribution in [-0.4, -0.2) is 16.9 Å². The van der Waals surface area contributed by atoms with Crippen LogP contribution in [0, 0.1) is 0 Å². The predicted octanol–water partition coefficient (Wildman–Crippen LogP) is 2.63. The molecule has 0 radical (unpaired) electrons. The normalized spacial score (nSPS) is 12.2. The Bertz CT molecular complexity index is 395. The van der Waals surface area contributed by atoms with E-state index in [1.54, 1.807) is 0 Å². The molecule has 0 aliphatic heterocycles.